The molecule has 1 unspecified atom stereocenters. The van der Waals surface area contributed by atoms with Gasteiger partial charge < -0.3 is 14.0 Å². The highest BCUT2D eigenvalue weighted by atomic mass is 16.5. The van der Waals surface area contributed by atoms with Crippen LogP contribution in [0.1, 0.15) is 25.0 Å². The first-order chi connectivity index (χ1) is 14.3. The Morgan fingerprint density at radius 3 is 2.90 bits per heavy atom. The number of ether oxygens (including phenoxy) is 2. The fourth-order valence-corrected chi connectivity index (χ4v) is 4.03. The number of rotatable bonds is 5. The van der Waals surface area contributed by atoms with Gasteiger partial charge in [-0.2, -0.15) is 4.68 Å². The smallest absolute Gasteiger partial charge is 0.279 e. The number of fused-ring (bicyclic) bond motifs is 3. The van der Waals surface area contributed by atoms with Gasteiger partial charge in [-0.1, -0.05) is 17.3 Å². The van der Waals surface area contributed by atoms with Crippen molar-refractivity contribution < 1.29 is 9.47 Å². The van der Waals surface area contributed by atoms with Crippen molar-refractivity contribution in [1.29, 1.82) is 0 Å². The van der Waals surface area contributed by atoms with Gasteiger partial charge in [0.1, 0.15) is 6.33 Å². The second-order valence-electron chi connectivity index (χ2n) is 7.25. The number of benzene rings is 1. The third-order valence-electron chi connectivity index (χ3n) is 5.40. The number of para-hydroxylation sites is 2. The highest BCUT2D eigenvalue weighted by Crippen LogP contribution is 2.21. The van der Waals surface area contributed by atoms with E-state index in [1.807, 2.05) is 28.7 Å². The molecule has 9 heteroatoms. The maximum absolute atomic E-state index is 13.6. The molecule has 0 spiro atoms. The van der Waals surface area contributed by atoms with Gasteiger partial charge in [0.25, 0.3) is 5.56 Å². The van der Waals surface area contributed by atoms with Crippen molar-refractivity contribution >= 4 is 16.6 Å². The molecule has 1 aliphatic rings. The van der Waals surface area contributed by atoms with Crippen molar-refractivity contribution in [1.82, 2.24) is 28.9 Å². The summed E-state index contributed by atoms with van der Waals surface area (Å²) in [4.78, 5) is 18.1. The molecule has 0 radical (unpaired) electrons. The molecule has 29 heavy (non-hydrogen) atoms. The highest BCUT2D eigenvalue weighted by Gasteiger charge is 2.22. The molecular weight excluding hydrogens is 372 g/mol. The number of hydrogen-bond donors (Lipinski definition) is 0. The number of aromatic nitrogens is 6. The molecule has 1 aromatic carbocycles. The zero-order chi connectivity index (χ0) is 19.8. The van der Waals surface area contributed by atoms with Gasteiger partial charge in [0.15, 0.2) is 11.3 Å². The van der Waals surface area contributed by atoms with E-state index in [0.29, 0.717) is 24.5 Å². The summed E-state index contributed by atoms with van der Waals surface area (Å²) in [7, 11) is 1.60. The van der Waals surface area contributed by atoms with Gasteiger partial charge in [-0.15, -0.1) is 5.10 Å². The maximum atomic E-state index is 13.6. The van der Waals surface area contributed by atoms with Crippen LogP contribution < -0.4 is 5.56 Å². The minimum atomic E-state index is -0.121. The molecule has 4 heterocycles. The van der Waals surface area contributed by atoms with Crippen LogP contribution in [-0.4, -0.2) is 48.8 Å². The molecule has 5 rings (SSSR count). The van der Waals surface area contributed by atoms with E-state index in [4.69, 9.17) is 9.47 Å². The zero-order valence-electron chi connectivity index (χ0n) is 16.2. The van der Waals surface area contributed by atoms with Gasteiger partial charge in [0.2, 0.25) is 0 Å². The second-order valence-corrected chi connectivity index (χ2v) is 7.25. The summed E-state index contributed by atoms with van der Waals surface area (Å²) >= 11 is 0. The molecule has 0 saturated carbocycles. The molecule has 150 valence electrons. The van der Waals surface area contributed by atoms with Crippen LogP contribution in [0.5, 0.6) is 0 Å². The molecule has 1 fully saturated rings. The van der Waals surface area contributed by atoms with Gasteiger partial charge >= 0.3 is 0 Å². The summed E-state index contributed by atoms with van der Waals surface area (Å²) in [5.41, 5.74) is 2.83. The van der Waals surface area contributed by atoms with Gasteiger partial charge in [-0.05, 0) is 31.4 Å². The zero-order valence-corrected chi connectivity index (χ0v) is 16.2. The molecule has 1 aliphatic heterocycles. The Morgan fingerprint density at radius 1 is 1.24 bits per heavy atom. The van der Waals surface area contributed by atoms with E-state index in [9.17, 15) is 4.79 Å². The summed E-state index contributed by atoms with van der Waals surface area (Å²) < 4.78 is 16.3. The molecule has 9 nitrogen and oxygen atoms in total. The first kappa shape index (κ1) is 18.0. The Labute approximate surface area is 166 Å². The number of nitrogens with zero attached hydrogens (tertiary/aromatic N) is 6. The maximum Gasteiger partial charge on any atom is 0.279 e. The van der Waals surface area contributed by atoms with E-state index >= 15 is 0 Å². The first-order valence-corrected chi connectivity index (χ1v) is 9.77. The van der Waals surface area contributed by atoms with Crippen molar-refractivity contribution in [2.75, 3.05) is 13.7 Å². The lowest BCUT2D eigenvalue weighted by molar-refractivity contribution is 0.00619. The van der Waals surface area contributed by atoms with E-state index in [2.05, 4.69) is 15.3 Å². The fraction of sp³-hybridized carbons (Fsp3) is 0.400. The Balaban J connectivity index is 1.74. The van der Waals surface area contributed by atoms with Crippen LogP contribution in [0.3, 0.4) is 0 Å². The summed E-state index contributed by atoms with van der Waals surface area (Å²) in [6, 6.07) is 7.85. The van der Waals surface area contributed by atoms with Crippen molar-refractivity contribution in [3.63, 3.8) is 0 Å². The van der Waals surface area contributed by atoms with E-state index in [0.717, 1.165) is 42.6 Å². The average molecular weight is 394 g/mol. The SMILES string of the molecule is COCc1cnnn1-c1ncn2c1c(=O)n(CC1CCCCO1)c1ccccc12. The third-order valence-corrected chi connectivity index (χ3v) is 5.40. The Bertz CT molecular complexity index is 1220. The lowest BCUT2D eigenvalue weighted by Gasteiger charge is -2.24. The van der Waals surface area contributed by atoms with Crippen LogP contribution in [0.25, 0.3) is 22.4 Å². The molecular formula is C20H22N6O3. The third kappa shape index (κ3) is 3.02. The fourth-order valence-electron chi connectivity index (χ4n) is 4.03. The molecule has 1 atom stereocenters. The quantitative estimate of drug-likeness (QED) is 0.514. The van der Waals surface area contributed by atoms with E-state index < -0.39 is 0 Å². The summed E-state index contributed by atoms with van der Waals surface area (Å²) in [6.45, 7) is 1.59. The number of hydrogen-bond acceptors (Lipinski definition) is 6. The Hall–Kier alpha value is -3.04. The largest absolute Gasteiger partial charge is 0.378 e. The van der Waals surface area contributed by atoms with E-state index in [-0.39, 0.29) is 11.7 Å². The summed E-state index contributed by atoms with van der Waals surface area (Å²) in [6.07, 6.45) is 6.47. The molecule has 3 aromatic heterocycles. The molecule has 0 aliphatic carbocycles. The number of imidazole rings is 1. The number of methoxy groups -OCH3 is 1. The second kappa shape index (κ2) is 7.41. The van der Waals surface area contributed by atoms with Crippen molar-refractivity contribution in [2.24, 2.45) is 0 Å². The van der Waals surface area contributed by atoms with Crippen LogP contribution in [0.15, 0.2) is 41.6 Å². The van der Waals surface area contributed by atoms with Crippen LogP contribution in [0.4, 0.5) is 0 Å². The van der Waals surface area contributed by atoms with Crippen LogP contribution in [0, 0.1) is 0 Å². The Morgan fingerprint density at radius 2 is 2.10 bits per heavy atom. The summed E-state index contributed by atoms with van der Waals surface area (Å²) in [5.74, 6) is 0.448. The normalized spacial score (nSPS) is 17.3. The van der Waals surface area contributed by atoms with Crippen LogP contribution >= 0.6 is 0 Å². The van der Waals surface area contributed by atoms with Crippen molar-refractivity contribution in [2.45, 2.75) is 38.5 Å². The molecule has 0 N–H and O–H groups in total. The Kier molecular flexibility index (Phi) is 4.61. The first-order valence-electron chi connectivity index (χ1n) is 9.77. The summed E-state index contributed by atoms with van der Waals surface area (Å²) in [5, 5.41) is 8.10. The molecule has 0 bridgehead atoms. The topological polar surface area (TPSA) is 88.5 Å². The molecule has 4 aromatic rings. The average Bonchev–Trinajstić information content (AvgIpc) is 3.39. The van der Waals surface area contributed by atoms with E-state index in [1.54, 1.807) is 28.9 Å². The predicted molar refractivity (Wildman–Crippen MR) is 106 cm³/mol. The monoisotopic (exact) mass is 394 g/mol. The lowest BCUT2D eigenvalue weighted by Crippen LogP contribution is -2.32. The van der Waals surface area contributed by atoms with Gasteiger partial charge in [-0.3, -0.25) is 9.20 Å². The minimum Gasteiger partial charge on any atom is -0.378 e. The van der Waals surface area contributed by atoms with Gasteiger partial charge in [0.05, 0.1) is 42.2 Å². The van der Waals surface area contributed by atoms with Gasteiger partial charge in [0, 0.05) is 13.7 Å². The minimum absolute atomic E-state index is 0.0362. The van der Waals surface area contributed by atoms with Crippen molar-refractivity contribution in [3.8, 4) is 5.82 Å². The molecule has 0 amide bonds. The van der Waals surface area contributed by atoms with Gasteiger partial charge in [-0.25, -0.2) is 4.98 Å². The van der Waals surface area contributed by atoms with Crippen LogP contribution in [0.2, 0.25) is 0 Å². The predicted octanol–water partition coefficient (Wildman–Crippen LogP) is 1.95. The highest BCUT2D eigenvalue weighted by molar-refractivity contribution is 5.80. The van der Waals surface area contributed by atoms with Crippen LogP contribution in [-0.2, 0) is 22.6 Å². The standard InChI is InChI=1S/C20H22N6O3/c1-28-12-14-10-22-23-26(14)19-18-20(27)24(11-15-6-4-5-9-29-15)16-7-2-3-8-17(16)25(18)13-21-19/h2-3,7-8,10,13,15H,4-6,9,11-12H2,1H3. The van der Waals surface area contributed by atoms with Crippen molar-refractivity contribution in [3.05, 3.63) is 52.8 Å². The van der Waals surface area contributed by atoms with E-state index in [1.165, 1.54) is 0 Å². The lowest BCUT2D eigenvalue weighted by atomic mass is 10.1. The molecule has 1 saturated heterocycles.